The molecule has 41 heavy (non-hydrogen) atoms. The van der Waals surface area contributed by atoms with Crippen LogP contribution in [0.15, 0.2) is 55.0 Å². The van der Waals surface area contributed by atoms with Crippen LogP contribution in [0, 0.1) is 11.3 Å². The van der Waals surface area contributed by atoms with Crippen molar-refractivity contribution in [2.75, 3.05) is 27.9 Å². The number of hydrogen-bond acceptors (Lipinski definition) is 10. The van der Waals surface area contributed by atoms with Crippen LogP contribution >= 0.6 is 0 Å². The van der Waals surface area contributed by atoms with Crippen molar-refractivity contribution in [1.29, 1.82) is 5.26 Å². The summed E-state index contributed by atoms with van der Waals surface area (Å²) in [7, 11) is -7.74. The van der Waals surface area contributed by atoms with Gasteiger partial charge in [0.1, 0.15) is 6.07 Å². The van der Waals surface area contributed by atoms with Crippen molar-refractivity contribution in [3.63, 3.8) is 0 Å². The molecule has 1 aromatic carbocycles. The maximum atomic E-state index is 13.1. The van der Waals surface area contributed by atoms with Gasteiger partial charge in [-0.2, -0.15) is 15.0 Å². The lowest BCUT2D eigenvalue weighted by atomic mass is 10.1. The van der Waals surface area contributed by atoms with Crippen LogP contribution in [0.3, 0.4) is 0 Å². The number of anilines is 2. The topological polar surface area (TPSA) is 189 Å². The van der Waals surface area contributed by atoms with Gasteiger partial charge in [-0.1, -0.05) is 12.1 Å². The van der Waals surface area contributed by atoms with Crippen LogP contribution in [-0.4, -0.2) is 66.4 Å². The SMILES string of the molecule is CC(C)Nc1cc(-n2ncc3cc(C#N)cnc32)ncc1C(=O)NCCc1ccc(NS(=O)(=O)CS(C)(=O)=O)cc1. The summed E-state index contributed by atoms with van der Waals surface area (Å²) in [4.78, 5) is 21.8. The lowest BCUT2D eigenvalue weighted by molar-refractivity contribution is 0.0954. The van der Waals surface area contributed by atoms with Crippen LogP contribution in [0.1, 0.15) is 35.3 Å². The van der Waals surface area contributed by atoms with Crippen molar-refractivity contribution < 1.29 is 21.6 Å². The normalized spacial score (nSPS) is 11.8. The fourth-order valence-corrected chi connectivity index (χ4v) is 6.95. The fraction of sp³-hybridized carbons (Fsp3) is 0.269. The van der Waals surface area contributed by atoms with Gasteiger partial charge in [-0.25, -0.2) is 26.8 Å². The first-order chi connectivity index (χ1) is 19.3. The molecule has 0 aliphatic rings. The van der Waals surface area contributed by atoms with Crippen molar-refractivity contribution in [3.8, 4) is 11.9 Å². The Kier molecular flexibility index (Phi) is 8.55. The Bertz CT molecular complexity index is 1840. The van der Waals surface area contributed by atoms with Crippen LogP contribution in [0.5, 0.6) is 0 Å². The molecular formula is C26H28N8O5S2. The summed E-state index contributed by atoms with van der Waals surface area (Å²) in [6.45, 7) is 4.19. The number of carbonyl (C=O) groups is 1. The minimum atomic E-state index is -4.04. The van der Waals surface area contributed by atoms with Crippen LogP contribution < -0.4 is 15.4 Å². The molecule has 3 aromatic heterocycles. The van der Waals surface area contributed by atoms with Crippen LogP contribution in [0.4, 0.5) is 11.4 Å². The van der Waals surface area contributed by atoms with Crippen LogP contribution in [0.2, 0.25) is 0 Å². The first kappa shape index (κ1) is 29.4. The molecule has 0 saturated heterocycles. The van der Waals surface area contributed by atoms with Crippen molar-refractivity contribution in [2.24, 2.45) is 0 Å². The van der Waals surface area contributed by atoms with Crippen LogP contribution in [0.25, 0.3) is 16.9 Å². The molecule has 3 heterocycles. The van der Waals surface area contributed by atoms with Gasteiger partial charge < -0.3 is 10.6 Å². The molecule has 0 fully saturated rings. The number of nitriles is 1. The van der Waals surface area contributed by atoms with E-state index in [9.17, 15) is 21.6 Å². The highest BCUT2D eigenvalue weighted by Gasteiger charge is 2.19. The molecule has 4 rings (SSSR count). The molecule has 0 saturated carbocycles. The van der Waals surface area contributed by atoms with Gasteiger partial charge in [0, 0.05) is 48.4 Å². The number of nitrogens with one attached hydrogen (secondary N) is 3. The molecule has 0 atom stereocenters. The van der Waals surface area contributed by atoms with E-state index in [1.165, 1.54) is 29.2 Å². The van der Waals surface area contributed by atoms with E-state index in [0.29, 0.717) is 46.6 Å². The van der Waals surface area contributed by atoms with E-state index in [-0.39, 0.29) is 17.6 Å². The Balaban J connectivity index is 1.44. The third-order valence-corrected chi connectivity index (χ3v) is 9.13. The Labute approximate surface area is 237 Å². The van der Waals surface area contributed by atoms with Gasteiger partial charge in [-0.05, 0) is 44.0 Å². The van der Waals surface area contributed by atoms with E-state index in [4.69, 9.17) is 5.26 Å². The molecule has 15 heteroatoms. The predicted octanol–water partition coefficient (Wildman–Crippen LogP) is 2.22. The van der Waals surface area contributed by atoms with Crippen LogP contribution in [-0.2, 0) is 26.3 Å². The third-order valence-electron chi connectivity index (χ3n) is 5.63. The summed E-state index contributed by atoms with van der Waals surface area (Å²) in [5, 5.41) is 19.3. The maximum Gasteiger partial charge on any atom is 0.254 e. The molecule has 0 aliphatic carbocycles. The molecular weight excluding hydrogens is 568 g/mol. The molecule has 4 aromatic rings. The van der Waals surface area contributed by atoms with Crippen molar-refractivity contribution in [3.05, 3.63) is 71.7 Å². The van der Waals surface area contributed by atoms with E-state index in [1.807, 2.05) is 13.8 Å². The summed E-state index contributed by atoms with van der Waals surface area (Å²) >= 11 is 0. The number of amides is 1. The first-order valence-corrected chi connectivity index (χ1v) is 16.1. The number of aromatic nitrogens is 4. The van der Waals surface area contributed by atoms with Crippen molar-refractivity contribution in [2.45, 2.75) is 26.3 Å². The van der Waals surface area contributed by atoms with Gasteiger partial charge in [-0.3, -0.25) is 9.52 Å². The average molecular weight is 597 g/mol. The summed E-state index contributed by atoms with van der Waals surface area (Å²) < 4.78 is 50.3. The Morgan fingerprint density at radius 3 is 2.44 bits per heavy atom. The largest absolute Gasteiger partial charge is 0.382 e. The van der Waals surface area contributed by atoms with Crippen molar-refractivity contribution >= 4 is 48.2 Å². The maximum absolute atomic E-state index is 13.1. The number of fused-ring (bicyclic) bond motifs is 1. The lowest BCUT2D eigenvalue weighted by Crippen LogP contribution is -2.27. The zero-order valence-corrected chi connectivity index (χ0v) is 24.1. The number of carbonyl (C=O) groups excluding carboxylic acids is 1. The van der Waals surface area contributed by atoms with Gasteiger partial charge in [0.15, 0.2) is 26.4 Å². The number of hydrogen-bond donors (Lipinski definition) is 3. The van der Waals surface area contributed by atoms with E-state index in [1.54, 1.807) is 30.5 Å². The minimum Gasteiger partial charge on any atom is -0.382 e. The molecule has 0 bridgehead atoms. The third kappa shape index (κ3) is 7.77. The van der Waals surface area contributed by atoms with E-state index in [0.717, 1.165) is 11.8 Å². The fourth-order valence-electron chi connectivity index (χ4n) is 3.97. The zero-order valence-electron chi connectivity index (χ0n) is 22.5. The number of sulfone groups is 1. The zero-order chi connectivity index (χ0) is 29.8. The summed E-state index contributed by atoms with van der Waals surface area (Å²) in [5.74, 6) is 0.114. The quantitative estimate of drug-likeness (QED) is 0.231. The van der Waals surface area contributed by atoms with E-state index >= 15 is 0 Å². The second-order valence-corrected chi connectivity index (χ2v) is 13.9. The number of benzene rings is 1. The Morgan fingerprint density at radius 2 is 1.78 bits per heavy atom. The second-order valence-electron chi connectivity index (χ2n) is 9.66. The second kappa shape index (κ2) is 11.9. The number of nitrogens with zero attached hydrogens (tertiary/aromatic N) is 5. The monoisotopic (exact) mass is 596 g/mol. The summed E-state index contributed by atoms with van der Waals surface area (Å²) in [6, 6.07) is 11.9. The molecule has 0 radical (unpaired) electrons. The smallest absolute Gasteiger partial charge is 0.254 e. The first-order valence-electron chi connectivity index (χ1n) is 12.4. The van der Waals surface area contributed by atoms with Gasteiger partial charge in [0.2, 0.25) is 10.0 Å². The standard InChI is InChI=1S/C26H28N8O5S2/c1-17(2)32-23-11-24(34-25-20(14-31-34)10-19(12-27)13-30-25)29-15-22(23)26(35)28-9-8-18-4-6-21(7-5-18)33-41(38,39)16-40(3,36)37/h4-7,10-11,13-15,17,33H,8-9,16H2,1-3H3,(H,28,35)(H,29,32). The molecule has 1 amide bonds. The van der Waals surface area contributed by atoms with E-state index < -0.39 is 24.9 Å². The minimum absolute atomic E-state index is 0.0239. The van der Waals surface area contributed by atoms with Gasteiger partial charge >= 0.3 is 0 Å². The number of sulfonamides is 1. The predicted molar refractivity (Wildman–Crippen MR) is 155 cm³/mol. The average Bonchev–Trinajstić information content (AvgIpc) is 3.31. The molecule has 0 aliphatic heterocycles. The highest BCUT2D eigenvalue weighted by atomic mass is 32.3. The summed E-state index contributed by atoms with van der Waals surface area (Å²) in [6.07, 6.45) is 5.83. The number of pyridine rings is 2. The molecule has 13 nitrogen and oxygen atoms in total. The van der Waals surface area contributed by atoms with Crippen molar-refractivity contribution in [1.82, 2.24) is 25.1 Å². The van der Waals surface area contributed by atoms with Gasteiger partial charge in [0.05, 0.1) is 23.0 Å². The summed E-state index contributed by atoms with van der Waals surface area (Å²) in [5.41, 5.74) is 2.92. The van der Waals surface area contributed by atoms with Gasteiger partial charge in [0.25, 0.3) is 5.91 Å². The molecule has 0 unspecified atom stereocenters. The van der Waals surface area contributed by atoms with Gasteiger partial charge in [-0.15, -0.1) is 0 Å². The van der Waals surface area contributed by atoms with E-state index in [2.05, 4.69) is 36.5 Å². The number of rotatable bonds is 11. The molecule has 0 spiro atoms. The molecule has 214 valence electrons. The Hall–Kier alpha value is -4.55. The lowest BCUT2D eigenvalue weighted by Gasteiger charge is -2.16. The Morgan fingerprint density at radius 1 is 1.05 bits per heavy atom. The molecule has 3 N–H and O–H groups in total. The highest BCUT2D eigenvalue weighted by molar-refractivity contribution is 8.08. The highest BCUT2D eigenvalue weighted by Crippen LogP contribution is 2.22.